The summed E-state index contributed by atoms with van der Waals surface area (Å²) in [5, 5.41) is 12.1. The van der Waals surface area contributed by atoms with Gasteiger partial charge in [-0.15, -0.1) is 0 Å². The van der Waals surface area contributed by atoms with Crippen LogP contribution in [0.4, 0.5) is 0 Å². The lowest BCUT2D eigenvalue weighted by molar-refractivity contribution is -0.144. The monoisotopic (exact) mass is 317 g/mol. The van der Waals surface area contributed by atoms with Gasteiger partial charge >= 0.3 is 5.97 Å². The first kappa shape index (κ1) is 18.3. The predicted octanol–water partition coefficient (Wildman–Crippen LogP) is 2.01. The average Bonchev–Trinajstić information content (AvgIpc) is 2.44. The van der Waals surface area contributed by atoms with Crippen LogP contribution in [0.3, 0.4) is 0 Å². The van der Waals surface area contributed by atoms with Crippen molar-refractivity contribution in [2.45, 2.75) is 33.1 Å². The van der Waals surface area contributed by atoms with Crippen LogP contribution >= 0.6 is 11.8 Å². The smallest absolute Gasteiger partial charge is 0.308 e. The molecule has 6 heteroatoms. The van der Waals surface area contributed by atoms with Crippen LogP contribution in [0, 0.1) is 17.8 Å². The first-order chi connectivity index (χ1) is 10.0. The number of carboxylic acids is 1. The van der Waals surface area contributed by atoms with Crippen LogP contribution in [0.15, 0.2) is 0 Å². The van der Waals surface area contributed by atoms with Crippen LogP contribution in [0.2, 0.25) is 0 Å². The summed E-state index contributed by atoms with van der Waals surface area (Å²) < 4.78 is 5.26. The Balaban J connectivity index is 2.25. The van der Waals surface area contributed by atoms with Crippen LogP contribution in [0.5, 0.6) is 0 Å². The second kappa shape index (κ2) is 10.1. The van der Waals surface area contributed by atoms with E-state index in [4.69, 9.17) is 4.74 Å². The topological polar surface area (TPSA) is 75.6 Å². The Labute approximate surface area is 131 Å². The van der Waals surface area contributed by atoms with Crippen molar-refractivity contribution >= 4 is 23.6 Å². The Morgan fingerprint density at radius 1 is 1.33 bits per heavy atom. The highest BCUT2D eigenvalue weighted by Crippen LogP contribution is 2.23. The second-order valence-corrected chi connectivity index (χ2v) is 7.04. The van der Waals surface area contributed by atoms with Gasteiger partial charge in [0.05, 0.1) is 11.7 Å². The number of aliphatic carboxylic acids is 1. The average molecular weight is 317 g/mol. The molecule has 0 aromatic heterocycles. The minimum atomic E-state index is -0.824. The molecule has 1 aliphatic heterocycles. The Bertz CT molecular complexity index is 330. The molecule has 0 saturated carbocycles. The molecule has 0 aromatic carbocycles. The van der Waals surface area contributed by atoms with Gasteiger partial charge < -0.3 is 15.2 Å². The molecule has 1 atom stereocenters. The molecule has 1 saturated heterocycles. The van der Waals surface area contributed by atoms with E-state index in [1.165, 1.54) is 0 Å². The molecule has 5 nitrogen and oxygen atoms in total. The Morgan fingerprint density at radius 2 is 2.00 bits per heavy atom. The molecule has 2 N–H and O–H groups in total. The van der Waals surface area contributed by atoms with Crippen molar-refractivity contribution in [1.82, 2.24) is 5.32 Å². The summed E-state index contributed by atoms with van der Waals surface area (Å²) in [5.74, 6) is 0.728. The fourth-order valence-corrected chi connectivity index (χ4v) is 3.40. The SMILES string of the molecule is CC(C)CCSCC(=O)NCC(C(=O)O)C1CCOCC1. The van der Waals surface area contributed by atoms with Gasteiger partial charge in [0, 0.05) is 19.8 Å². The summed E-state index contributed by atoms with van der Waals surface area (Å²) in [6, 6.07) is 0. The van der Waals surface area contributed by atoms with Gasteiger partial charge in [-0.3, -0.25) is 9.59 Å². The zero-order valence-electron chi connectivity index (χ0n) is 13.0. The quantitative estimate of drug-likeness (QED) is 0.636. The Kier molecular flexibility index (Phi) is 8.76. The number of nitrogens with one attached hydrogen (secondary N) is 1. The molecule has 1 heterocycles. The summed E-state index contributed by atoms with van der Waals surface area (Å²) in [6.07, 6.45) is 2.61. The molecule has 0 aliphatic carbocycles. The largest absolute Gasteiger partial charge is 0.481 e. The minimum absolute atomic E-state index is 0.0675. The maximum absolute atomic E-state index is 11.7. The van der Waals surface area contributed by atoms with Crippen molar-refractivity contribution in [3.05, 3.63) is 0 Å². The Hall–Kier alpha value is -0.750. The number of amides is 1. The van der Waals surface area contributed by atoms with Gasteiger partial charge in [0.15, 0.2) is 0 Å². The van der Waals surface area contributed by atoms with Gasteiger partial charge in [0.1, 0.15) is 0 Å². The summed E-state index contributed by atoms with van der Waals surface area (Å²) in [5.41, 5.74) is 0. The Morgan fingerprint density at radius 3 is 2.57 bits per heavy atom. The van der Waals surface area contributed by atoms with E-state index in [1.807, 2.05) is 0 Å². The van der Waals surface area contributed by atoms with Crippen molar-refractivity contribution < 1.29 is 19.4 Å². The molecule has 1 aliphatic rings. The fraction of sp³-hybridized carbons (Fsp3) is 0.867. The highest BCUT2D eigenvalue weighted by molar-refractivity contribution is 7.99. The molecule has 1 unspecified atom stereocenters. The minimum Gasteiger partial charge on any atom is -0.481 e. The number of thioether (sulfide) groups is 1. The lowest BCUT2D eigenvalue weighted by atomic mass is 9.86. The molecule has 0 bridgehead atoms. The molecule has 0 radical (unpaired) electrons. The summed E-state index contributed by atoms with van der Waals surface area (Å²) in [6.45, 7) is 5.78. The van der Waals surface area contributed by atoms with Crippen LogP contribution < -0.4 is 5.32 Å². The molecule has 21 heavy (non-hydrogen) atoms. The lowest BCUT2D eigenvalue weighted by Gasteiger charge is -2.27. The van der Waals surface area contributed by atoms with Gasteiger partial charge in [-0.1, -0.05) is 13.8 Å². The molecule has 0 spiro atoms. The number of carbonyl (C=O) groups is 2. The first-order valence-corrected chi connectivity index (χ1v) is 8.81. The lowest BCUT2D eigenvalue weighted by Crippen LogP contribution is -2.39. The van der Waals surface area contributed by atoms with Crippen LogP contribution in [-0.2, 0) is 14.3 Å². The second-order valence-electron chi connectivity index (χ2n) is 5.93. The van der Waals surface area contributed by atoms with Crippen molar-refractivity contribution in [3.63, 3.8) is 0 Å². The normalized spacial score (nSPS) is 17.7. The zero-order valence-corrected chi connectivity index (χ0v) is 13.8. The number of rotatable bonds is 9. The van der Waals surface area contributed by atoms with Gasteiger partial charge in [0.2, 0.25) is 5.91 Å². The molecule has 122 valence electrons. The van der Waals surface area contributed by atoms with E-state index in [-0.39, 0.29) is 18.4 Å². The van der Waals surface area contributed by atoms with E-state index >= 15 is 0 Å². The summed E-state index contributed by atoms with van der Waals surface area (Å²) >= 11 is 1.61. The maximum atomic E-state index is 11.7. The first-order valence-electron chi connectivity index (χ1n) is 7.65. The number of carboxylic acid groups (broad SMARTS) is 1. The van der Waals surface area contributed by atoms with E-state index in [0.29, 0.717) is 24.9 Å². The zero-order chi connectivity index (χ0) is 15.7. The van der Waals surface area contributed by atoms with Crippen LogP contribution in [-0.4, -0.2) is 48.2 Å². The van der Waals surface area contributed by atoms with Crippen molar-refractivity contribution in [2.24, 2.45) is 17.8 Å². The van der Waals surface area contributed by atoms with Gasteiger partial charge in [0.25, 0.3) is 0 Å². The fourth-order valence-electron chi connectivity index (χ4n) is 2.33. The summed E-state index contributed by atoms with van der Waals surface area (Å²) in [4.78, 5) is 23.1. The third-order valence-corrected chi connectivity index (χ3v) is 4.73. The third kappa shape index (κ3) is 7.71. The third-order valence-electron chi connectivity index (χ3n) is 3.74. The number of carbonyl (C=O) groups excluding carboxylic acids is 1. The van der Waals surface area contributed by atoms with Crippen molar-refractivity contribution in [1.29, 1.82) is 0 Å². The maximum Gasteiger partial charge on any atom is 0.308 e. The van der Waals surface area contributed by atoms with E-state index in [1.54, 1.807) is 11.8 Å². The van der Waals surface area contributed by atoms with Crippen LogP contribution in [0.25, 0.3) is 0 Å². The summed E-state index contributed by atoms with van der Waals surface area (Å²) in [7, 11) is 0. The molecule has 1 fully saturated rings. The molecule has 0 aromatic rings. The highest BCUT2D eigenvalue weighted by atomic mass is 32.2. The van der Waals surface area contributed by atoms with Gasteiger partial charge in [-0.2, -0.15) is 11.8 Å². The molecule has 1 amide bonds. The molecular formula is C15H27NO4S. The number of hydrogen-bond donors (Lipinski definition) is 2. The molecular weight excluding hydrogens is 290 g/mol. The van der Waals surface area contributed by atoms with Crippen molar-refractivity contribution in [3.8, 4) is 0 Å². The van der Waals surface area contributed by atoms with Crippen LogP contribution in [0.1, 0.15) is 33.1 Å². The number of hydrogen-bond acceptors (Lipinski definition) is 4. The van der Waals surface area contributed by atoms with Gasteiger partial charge in [-0.25, -0.2) is 0 Å². The number of ether oxygens (including phenoxy) is 1. The predicted molar refractivity (Wildman–Crippen MR) is 84.5 cm³/mol. The van der Waals surface area contributed by atoms with Crippen molar-refractivity contribution in [2.75, 3.05) is 31.3 Å². The van der Waals surface area contributed by atoms with E-state index in [9.17, 15) is 14.7 Å². The van der Waals surface area contributed by atoms with Gasteiger partial charge in [-0.05, 0) is 36.9 Å². The standard InChI is InChI=1S/C15H27NO4S/c1-11(2)5-8-21-10-14(17)16-9-13(15(18)19)12-3-6-20-7-4-12/h11-13H,3-10H2,1-2H3,(H,16,17)(H,18,19). The molecule has 1 rings (SSSR count). The van der Waals surface area contributed by atoms with E-state index < -0.39 is 11.9 Å². The highest BCUT2D eigenvalue weighted by Gasteiger charge is 2.29. The van der Waals surface area contributed by atoms with E-state index in [2.05, 4.69) is 19.2 Å². The van der Waals surface area contributed by atoms with E-state index in [0.717, 1.165) is 25.0 Å².